The molecule has 0 saturated heterocycles. The summed E-state index contributed by atoms with van der Waals surface area (Å²) in [6.45, 7) is 4.09. The second kappa shape index (κ2) is 13.1. The van der Waals surface area contributed by atoms with E-state index in [9.17, 15) is 19.5 Å². The normalized spacial score (nSPS) is 23.3. The Hall–Kier alpha value is -1.49. The maximum absolute atomic E-state index is 12.4. The lowest BCUT2D eigenvalue weighted by molar-refractivity contribution is -0.153. The summed E-state index contributed by atoms with van der Waals surface area (Å²) in [5.41, 5.74) is -0.550. The number of hydrogen-bond donors (Lipinski definition) is 1. The molecule has 2 saturated carbocycles. The Bertz CT molecular complexity index is 621. The molecule has 0 heterocycles. The number of ketones is 2. The number of carbonyl (C=O) groups excluding carboxylic acids is 3. The molecule has 2 aliphatic carbocycles. The van der Waals surface area contributed by atoms with E-state index in [4.69, 9.17) is 4.74 Å². The van der Waals surface area contributed by atoms with Crippen molar-refractivity contribution in [1.82, 2.24) is 0 Å². The molecule has 2 fully saturated rings. The van der Waals surface area contributed by atoms with E-state index < -0.39 is 17.4 Å². The zero-order chi connectivity index (χ0) is 22.7. The van der Waals surface area contributed by atoms with Gasteiger partial charge in [-0.05, 0) is 63.7 Å². The number of unbranched alkanes of at least 4 members (excludes halogenated alkanes) is 4. The maximum Gasteiger partial charge on any atom is 0.374 e. The van der Waals surface area contributed by atoms with Gasteiger partial charge in [0, 0.05) is 18.8 Å². The maximum atomic E-state index is 12.4. The monoisotopic (exact) mass is 434 g/mol. The van der Waals surface area contributed by atoms with Crippen molar-refractivity contribution in [2.24, 2.45) is 17.8 Å². The van der Waals surface area contributed by atoms with Gasteiger partial charge in [0.15, 0.2) is 0 Å². The fourth-order valence-corrected chi connectivity index (χ4v) is 4.88. The van der Waals surface area contributed by atoms with Gasteiger partial charge >= 0.3 is 5.97 Å². The number of aliphatic hydroxyl groups is 1. The van der Waals surface area contributed by atoms with Gasteiger partial charge in [0.1, 0.15) is 5.78 Å². The van der Waals surface area contributed by atoms with E-state index >= 15 is 0 Å². The van der Waals surface area contributed by atoms with Crippen LogP contribution in [-0.2, 0) is 19.1 Å². The molecule has 5 nitrogen and oxygen atoms in total. The summed E-state index contributed by atoms with van der Waals surface area (Å²) in [6.07, 6.45) is 16.6. The first kappa shape index (κ1) is 25.8. The van der Waals surface area contributed by atoms with Crippen molar-refractivity contribution in [3.8, 4) is 0 Å². The van der Waals surface area contributed by atoms with E-state index in [1.807, 2.05) is 0 Å². The highest BCUT2D eigenvalue weighted by atomic mass is 16.5. The Balaban J connectivity index is 1.69. The predicted octanol–water partition coefficient (Wildman–Crippen LogP) is 5.33. The highest BCUT2D eigenvalue weighted by Crippen LogP contribution is 2.44. The lowest BCUT2D eigenvalue weighted by atomic mass is 9.86. The van der Waals surface area contributed by atoms with Crippen LogP contribution in [0.3, 0.4) is 0 Å². The molecule has 5 heteroatoms. The van der Waals surface area contributed by atoms with Crippen molar-refractivity contribution < 1.29 is 24.2 Å². The van der Waals surface area contributed by atoms with E-state index in [0.29, 0.717) is 36.9 Å². The van der Waals surface area contributed by atoms with Crippen LogP contribution in [0.1, 0.15) is 104 Å². The lowest BCUT2D eigenvalue weighted by Crippen LogP contribution is -2.30. The molecule has 2 aliphatic rings. The quantitative estimate of drug-likeness (QED) is 0.154. The lowest BCUT2D eigenvalue weighted by Gasteiger charge is -2.27. The van der Waals surface area contributed by atoms with E-state index in [1.165, 1.54) is 0 Å². The minimum Gasteiger partial charge on any atom is -0.460 e. The summed E-state index contributed by atoms with van der Waals surface area (Å²) in [5.74, 6) is 0.0608. The minimum absolute atomic E-state index is 0.0991. The molecule has 0 amide bonds. The van der Waals surface area contributed by atoms with Crippen LogP contribution in [0.15, 0.2) is 12.2 Å². The molecule has 0 bridgehead atoms. The van der Waals surface area contributed by atoms with E-state index in [1.54, 1.807) is 6.92 Å². The third-order valence-electron chi connectivity index (χ3n) is 6.98. The highest BCUT2D eigenvalue weighted by Gasteiger charge is 2.42. The van der Waals surface area contributed by atoms with Crippen molar-refractivity contribution in [3.63, 3.8) is 0 Å². The van der Waals surface area contributed by atoms with Gasteiger partial charge in [-0.2, -0.15) is 0 Å². The molecule has 0 aromatic rings. The summed E-state index contributed by atoms with van der Waals surface area (Å²) in [5, 5.41) is 11.0. The number of hydrogen-bond acceptors (Lipinski definition) is 5. The molecule has 31 heavy (non-hydrogen) atoms. The molecule has 0 aromatic carbocycles. The zero-order valence-electron chi connectivity index (χ0n) is 19.6. The van der Waals surface area contributed by atoms with E-state index in [2.05, 4.69) is 19.1 Å². The summed E-state index contributed by atoms with van der Waals surface area (Å²) in [6, 6.07) is 0. The number of rotatable bonds is 16. The molecule has 0 spiro atoms. The molecule has 0 aliphatic heterocycles. The predicted molar refractivity (Wildman–Crippen MR) is 122 cm³/mol. The van der Waals surface area contributed by atoms with Gasteiger partial charge in [-0.25, -0.2) is 4.79 Å². The van der Waals surface area contributed by atoms with E-state index in [-0.39, 0.29) is 18.9 Å². The summed E-state index contributed by atoms with van der Waals surface area (Å²) >= 11 is 0. The van der Waals surface area contributed by atoms with Crippen molar-refractivity contribution in [3.05, 3.63) is 12.2 Å². The van der Waals surface area contributed by atoms with Gasteiger partial charge in [-0.1, -0.05) is 51.2 Å². The van der Waals surface area contributed by atoms with Gasteiger partial charge in [0.05, 0.1) is 12.2 Å². The summed E-state index contributed by atoms with van der Waals surface area (Å²) in [4.78, 5) is 35.3. The fourth-order valence-electron chi connectivity index (χ4n) is 4.88. The molecule has 176 valence electrons. The smallest absolute Gasteiger partial charge is 0.374 e. The molecule has 0 aromatic heterocycles. The van der Waals surface area contributed by atoms with Crippen LogP contribution in [-0.4, -0.2) is 34.9 Å². The molecule has 2 rings (SSSR count). The zero-order valence-corrected chi connectivity index (χ0v) is 19.6. The second-order valence-corrected chi connectivity index (χ2v) is 9.49. The van der Waals surface area contributed by atoms with Gasteiger partial charge in [-0.3, -0.25) is 9.59 Å². The van der Waals surface area contributed by atoms with Crippen molar-refractivity contribution in [2.45, 2.75) is 109 Å². The molecule has 0 radical (unpaired) electrons. The number of carbonyl (C=O) groups is 3. The van der Waals surface area contributed by atoms with Gasteiger partial charge in [0.2, 0.25) is 5.78 Å². The van der Waals surface area contributed by atoms with Crippen LogP contribution in [0.25, 0.3) is 0 Å². The summed E-state index contributed by atoms with van der Waals surface area (Å²) in [7, 11) is 0. The highest BCUT2D eigenvalue weighted by molar-refractivity contribution is 6.33. The number of allylic oxidation sites excluding steroid dienone is 1. The Morgan fingerprint density at radius 1 is 1.10 bits per heavy atom. The molecular weight excluding hydrogens is 392 g/mol. The third kappa shape index (κ3) is 8.51. The standard InChI is InChI=1S/C26H42O5/c1-3-5-18-26(30,21-15-16-21)19-10-11-20-14-17-23(27)22(20)12-8-6-7-9-13-24(28)25(29)31-4-2/h10-11,20-22,30H,3-9,12-19H2,1-2H3/t20-,22+,26?/m0/s1. The van der Waals surface area contributed by atoms with Crippen LogP contribution in [0.5, 0.6) is 0 Å². The second-order valence-electron chi connectivity index (χ2n) is 9.49. The summed E-state index contributed by atoms with van der Waals surface area (Å²) < 4.78 is 4.71. The third-order valence-corrected chi connectivity index (χ3v) is 6.98. The SMILES string of the molecule is CCCCC(O)(CC=C[C@H]1CCC(=O)[C@@H]1CCCCCCC(=O)C(=O)OCC)C1CC1. The van der Waals surface area contributed by atoms with Crippen LogP contribution < -0.4 is 0 Å². The van der Waals surface area contributed by atoms with Crippen LogP contribution >= 0.6 is 0 Å². The van der Waals surface area contributed by atoms with Gasteiger partial charge in [0.25, 0.3) is 0 Å². The average Bonchev–Trinajstić information content (AvgIpc) is 3.55. The van der Waals surface area contributed by atoms with Crippen molar-refractivity contribution in [1.29, 1.82) is 0 Å². The minimum atomic E-state index is -0.725. The Morgan fingerprint density at radius 3 is 2.52 bits per heavy atom. The molecule has 1 N–H and O–H groups in total. The number of Topliss-reactive ketones (excluding diaryl/α,β-unsaturated/α-hetero) is 2. The first-order chi connectivity index (χ1) is 14.9. The Kier molecular flexibility index (Phi) is 10.9. The van der Waals surface area contributed by atoms with Crippen LogP contribution in [0.4, 0.5) is 0 Å². The van der Waals surface area contributed by atoms with Crippen LogP contribution in [0, 0.1) is 17.8 Å². The largest absolute Gasteiger partial charge is 0.460 e. The first-order valence-corrected chi connectivity index (χ1v) is 12.5. The number of esters is 1. The number of ether oxygens (including phenoxy) is 1. The fraction of sp³-hybridized carbons (Fsp3) is 0.808. The van der Waals surface area contributed by atoms with E-state index in [0.717, 1.165) is 64.2 Å². The molecule has 3 atom stereocenters. The van der Waals surface area contributed by atoms with Crippen LogP contribution in [0.2, 0.25) is 0 Å². The first-order valence-electron chi connectivity index (χ1n) is 12.5. The van der Waals surface area contributed by atoms with Crippen molar-refractivity contribution >= 4 is 17.5 Å². The Labute approximate surface area is 188 Å². The molecule has 1 unspecified atom stereocenters. The average molecular weight is 435 g/mol. The topological polar surface area (TPSA) is 80.7 Å². The van der Waals surface area contributed by atoms with Gasteiger partial charge < -0.3 is 9.84 Å². The molecular formula is C26H42O5. The van der Waals surface area contributed by atoms with Gasteiger partial charge in [-0.15, -0.1) is 0 Å². The Morgan fingerprint density at radius 2 is 1.84 bits per heavy atom. The van der Waals surface area contributed by atoms with Crippen molar-refractivity contribution in [2.75, 3.05) is 6.61 Å².